The molecule has 3 rings (SSSR count). The summed E-state index contributed by atoms with van der Waals surface area (Å²) >= 11 is 0. The van der Waals surface area contributed by atoms with Crippen LogP contribution in [0.5, 0.6) is 11.5 Å². The number of carbonyl (C=O) groups is 1. The lowest BCUT2D eigenvalue weighted by Gasteiger charge is -2.05. The summed E-state index contributed by atoms with van der Waals surface area (Å²) in [6, 6.07) is 8.38. The molecule has 5 nitrogen and oxygen atoms in total. The Morgan fingerprint density at radius 2 is 1.95 bits per heavy atom. The van der Waals surface area contributed by atoms with Gasteiger partial charge in [-0.3, -0.25) is 0 Å². The van der Waals surface area contributed by atoms with Crippen LogP contribution < -0.4 is 4.74 Å². The second-order valence-corrected chi connectivity index (χ2v) is 4.45. The van der Waals surface area contributed by atoms with Crippen LogP contribution in [0, 0.1) is 0 Å². The van der Waals surface area contributed by atoms with Crippen molar-refractivity contribution in [2.24, 2.45) is 0 Å². The minimum Gasteiger partial charge on any atom is -0.508 e. The molecule has 0 radical (unpaired) electrons. The molecule has 0 amide bonds. The molecule has 0 atom stereocenters. The van der Waals surface area contributed by atoms with Gasteiger partial charge in [-0.25, -0.2) is 4.79 Å². The molecule has 0 aliphatic heterocycles. The Bertz CT molecular complexity index is 819. The van der Waals surface area contributed by atoms with E-state index in [1.54, 1.807) is 37.4 Å². The molecule has 1 aromatic heterocycles. The molecule has 0 aliphatic rings. The Morgan fingerprint density at radius 1 is 1.15 bits per heavy atom. The molecule has 2 aromatic carbocycles. The zero-order valence-corrected chi connectivity index (χ0v) is 11.1. The number of fused-ring (bicyclic) bond motifs is 3. The quantitative estimate of drug-likeness (QED) is 0.703. The van der Waals surface area contributed by atoms with Gasteiger partial charge in [0.1, 0.15) is 11.5 Å². The van der Waals surface area contributed by atoms with E-state index >= 15 is 0 Å². The number of nitrogens with one attached hydrogen (secondary N) is 1. The molecule has 102 valence electrons. The summed E-state index contributed by atoms with van der Waals surface area (Å²) in [7, 11) is 2.87. The van der Waals surface area contributed by atoms with Gasteiger partial charge in [-0.05, 0) is 30.3 Å². The highest BCUT2D eigenvalue weighted by Crippen LogP contribution is 2.34. The van der Waals surface area contributed by atoms with Gasteiger partial charge >= 0.3 is 5.97 Å². The summed E-state index contributed by atoms with van der Waals surface area (Å²) in [6.07, 6.45) is 0. The van der Waals surface area contributed by atoms with Crippen molar-refractivity contribution in [2.45, 2.75) is 0 Å². The van der Waals surface area contributed by atoms with E-state index in [1.165, 1.54) is 7.11 Å². The molecule has 0 fully saturated rings. The standard InChI is InChI=1S/C15H13NO4/c1-19-13-6-8(15(18)20-2)5-11-10-7-9(17)3-4-12(10)16-14(11)13/h3-7,16-17H,1-2H3. The van der Waals surface area contributed by atoms with Crippen LogP contribution in [0.15, 0.2) is 30.3 Å². The Balaban J connectivity index is 2.41. The van der Waals surface area contributed by atoms with E-state index in [9.17, 15) is 9.90 Å². The van der Waals surface area contributed by atoms with Crippen LogP contribution in [0.1, 0.15) is 10.4 Å². The molecule has 5 heteroatoms. The van der Waals surface area contributed by atoms with Gasteiger partial charge in [0, 0.05) is 16.3 Å². The van der Waals surface area contributed by atoms with Crippen LogP contribution in [-0.4, -0.2) is 30.3 Å². The van der Waals surface area contributed by atoms with Crippen LogP contribution in [0.3, 0.4) is 0 Å². The lowest BCUT2D eigenvalue weighted by molar-refractivity contribution is 0.0600. The zero-order valence-electron chi connectivity index (χ0n) is 11.1. The van der Waals surface area contributed by atoms with E-state index in [4.69, 9.17) is 9.47 Å². The third-order valence-corrected chi connectivity index (χ3v) is 3.30. The fourth-order valence-corrected chi connectivity index (χ4v) is 2.35. The second kappa shape index (κ2) is 4.45. The lowest BCUT2D eigenvalue weighted by Crippen LogP contribution is -2.01. The number of benzene rings is 2. The molecule has 0 unspecified atom stereocenters. The minimum absolute atomic E-state index is 0.167. The molecule has 0 bridgehead atoms. The molecule has 20 heavy (non-hydrogen) atoms. The van der Waals surface area contributed by atoms with Crippen LogP contribution >= 0.6 is 0 Å². The number of phenols is 1. The summed E-state index contributed by atoms with van der Waals surface area (Å²) in [5.41, 5.74) is 2.04. The Kier molecular flexibility index (Phi) is 2.75. The topological polar surface area (TPSA) is 71.5 Å². The number of phenolic OH excluding ortho intramolecular Hbond substituents is 1. The summed E-state index contributed by atoms with van der Waals surface area (Å²) in [4.78, 5) is 14.9. The van der Waals surface area contributed by atoms with E-state index in [-0.39, 0.29) is 5.75 Å². The number of H-pyrrole nitrogens is 1. The van der Waals surface area contributed by atoms with Gasteiger partial charge in [-0.2, -0.15) is 0 Å². The number of carbonyl (C=O) groups excluding carboxylic acids is 1. The number of ether oxygens (including phenoxy) is 2. The van der Waals surface area contributed by atoms with Crippen molar-refractivity contribution in [1.82, 2.24) is 4.98 Å². The largest absolute Gasteiger partial charge is 0.508 e. The van der Waals surface area contributed by atoms with Crippen LogP contribution in [0.2, 0.25) is 0 Å². The zero-order chi connectivity index (χ0) is 14.3. The van der Waals surface area contributed by atoms with Gasteiger partial charge in [0.25, 0.3) is 0 Å². The van der Waals surface area contributed by atoms with Gasteiger partial charge < -0.3 is 19.6 Å². The highest BCUT2D eigenvalue weighted by Gasteiger charge is 2.15. The molecular weight excluding hydrogens is 258 g/mol. The van der Waals surface area contributed by atoms with Crippen molar-refractivity contribution in [3.63, 3.8) is 0 Å². The maximum atomic E-state index is 11.7. The molecule has 2 N–H and O–H groups in total. The number of methoxy groups -OCH3 is 2. The van der Waals surface area contributed by atoms with E-state index < -0.39 is 5.97 Å². The van der Waals surface area contributed by atoms with Crippen LogP contribution in [0.4, 0.5) is 0 Å². The van der Waals surface area contributed by atoms with Crippen molar-refractivity contribution in [2.75, 3.05) is 14.2 Å². The Labute approximate surface area is 114 Å². The highest BCUT2D eigenvalue weighted by atomic mass is 16.5. The number of aromatic hydroxyl groups is 1. The molecule has 0 saturated heterocycles. The number of aromatic nitrogens is 1. The fourth-order valence-electron chi connectivity index (χ4n) is 2.35. The smallest absolute Gasteiger partial charge is 0.338 e. The summed E-state index contributed by atoms with van der Waals surface area (Å²) in [6.45, 7) is 0. The summed E-state index contributed by atoms with van der Waals surface area (Å²) < 4.78 is 10.1. The first-order valence-electron chi connectivity index (χ1n) is 6.05. The van der Waals surface area contributed by atoms with Gasteiger partial charge in [-0.15, -0.1) is 0 Å². The van der Waals surface area contributed by atoms with Gasteiger partial charge in [0.2, 0.25) is 0 Å². The van der Waals surface area contributed by atoms with Gasteiger partial charge in [0.15, 0.2) is 0 Å². The lowest BCUT2D eigenvalue weighted by atomic mass is 10.1. The maximum Gasteiger partial charge on any atom is 0.338 e. The average Bonchev–Trinajstić information content (AvgIpc) is 2.83. The summed E-state index contributed by atoms with van der Waals surface area (Å²) in [5.74, 6) is 0.291. The third-order valence-electron chi connectivity index (χ3n) is 3.30. The number of aromatic amines is 1. The predicted molar refractivity (Wildman–Crippen MR) is 75.4 cm³/mol. The maximum absolute atomic E-state index is 11.7. The minimum atomic E-state index is -0.431. The van der Waals surface area contributed by atoms with Crippen molar-refractivity contribution in [3.05, 3.63) is 35.9 Å². The second-order valence-electron chi connectivity index (χ2n) is 4.45. The molecule has 0 aliphatic carbocycles. The first-order valence-corrected chi connectivity index (χ1v) is 6.05. The van der Waals surface area contributed by atoms with Gasteiger partial charge in [0.05, 0.1) is 25.3 Å². The van der Waals surface area contributed by atoms with Crippen LogP contribution in [0.25, 0.3) is 21.8 Å². The number of esters is 1. The molecule has 0 spiro atoms. The highest BCUT2D eigenvalue weighted by molar-refractivity contribution is 6.11. The van der Waals surface area contributed by atoms with Crippen LogP contribution in [-0.2, 0) is 4.74 Å². The number of hydrogen-bond donors (Lipinski definition) is 2. The van der Waals surface area contributed by atoms with Gasteiger partial charge in [-0.1, -0.05) is 0 Å². The average molecular weight is 271 g/mol. The monoisotopic (exact) mass is 271 g/mol. The normalized spacial score (nSPS) is 10.9. The fraction of sp³-hybridized carbons (Fsp3) is 0.133. The van der Waals surface area contributed by atoms with Crippen molar-refractivity contribution < 1.29 is 19.4 Å². The SMILES string of the molecule is COC(=O)c1cc(OC)c2[nH]c3ccc(O)cc3c2c1. The number of rotatable bonds is 2. The van der Waals surface area contributed by atoms with Crippen molar-refractivity contribution in [3.8, 4) is 11.5 Å². The van der Waals surface area contributed by atoms with E-state index in [0.717, 1.165) is 21.8 Å². The third kappa shape index (κ3) is 1.75. The predicted octanol–water partition coefficient (Wildman–Crippen LogP) is 2.82. The number of hydrogen-bond acceptors (Lipinski definition) is 4. The summed E-state index contributed by atoms with van der Waals surface area (Å²) in [5, 5.41) is 11.2. The van der Waals surface area contributed by atoms with E-state index in [0.29, 0.717) is 11.3 Å². The van der Waals surface area contributed by atoms with E-state index in [1.807, 2.05) is 0 Å². The Hall–Kier alpha value is -2.69. The van der Waals surface area contributed by atoms with E-state index in [2.05, 4.69) is 4.98 Å². The van der Waals surface area contributed by atoms with Crippen molar-refractivity contribution in [1.29, 1.82) is 0 Å². The first-order chi connectivity index (χ1) is 9.63. The molecule has 3 aromatic rings. The molecule has 0 saturated carbocycles. The molecular formula is C15H13NO4. The first kappa shape index (κ1) is 12.3. The molecule has 1 heterocycles. The van der Waals surface area contributed by atoms with Crippen molar-refractivity contribution >= 4 is 27.8 Å². The Morgan fingerprint density at radius 3 is 2.65 bits per heavy atom.